The zero-order chi connectivity index (χ0) is 27.8. The summed E-state index contributed by atoms with van der Waals surface area (Å²) in [6, 6.07) is 6.57. The third kappa shape index (κ3) is 6.73. The van der Waals surface area contributed by atoms with Crippen LogP contribution in [0.4, 0.5) is 4.79 Å². The molecule has 0 radical (unpaired) electrons. The molecule has 4 N–H and O–H groups in total. The van der Waals surface area contributed by atoms with Gasteiger partial charge in [0.15, 0.2) is 29.6 Å². The van der Waals surface area contributed by atoms with E-state index in [9.17, 15) is 19.5 Å². The first-order valence-electron chi connectivity index (χ1n) is 11.3. The van der Waals surface area contributed by atoms with Crippen LogP contribution in [0.1, 0.15) is 31.0 Å². The Kier molecular flexibility index (Phi) is 9.55. The Labute approximate surface area is 227 Å². The molecule has 0 saturated heterocycles. The maximum absolute atomic E-state index is 12.5. The van der Waals surface area contributed by atoms with Gasteiger partial charge in [-0.05, 0) is 59.6 Å². The number of amides is 3. The molecular weight excluding hydrogens is 564 g/mol. The minimum absolute atomic E-state index is 0.0419. The summed E-state index contributed by atoms with van der Waals surface area (Å²) in [5, 5.41) is 19.0. The molecule has 3 rings (SSSR count). The van der Waals surface area contributed by atoms with Gasteiger partial charge in [-0.15, -0.1) is 0 Å². The van der Waals surface area contributed by atoms with Crippen molar-refractivity contribution in [3.05, 3.63) is 57.2 Å². The molecule has 38 heavy (non-hydrogen) atoms. The lowest BCUT2D eigenvalue weighted by atomic mass is 9.95. The monoisotopic (exact) mass is 590 g/mol. The Morgan fingerprint density at radius 3 is 2.58 bits per heavy atom. The van der Waals surface area contributed by atoms with Gasteiger partial charge in [0.05, 0.1) is 38.7 Å². The smallest absolute Gasteiger partial charge is 0.338 e. The van der Waals surface area contributed by atoms with E-state index in [-0.39, 0.29) is 41.8 Å². The number of esters is 1. The van der Waals surface area contributed by atoms with Crippen LogP contribution in [-0.4, -0.2) is 56.7 Å². The van der Waals surface area contributed by atoms with Crippen molar-refractivity contribution in [2.75, 3.05) is 27.4 Å². The molecule has 13 heteroatoms. The van der Waals surface area contributed by atoms with Crippen LogP contribution in [0, 0.1) is 0 Å². The molecular formula is C25H27BrN4O8. The summed E-state index contributed by atoms with van der Waals surface area (Å²) in [6.45, 7) is 3.12. The van der Waals surface area contributed by atoms with Gasteiger partial charge >= 0.3 is 12.0 Å². The summed E-state index contributed by atoms with van der Waals surface area (Å²) in [5.41, 5.74) is 4.11. The van der Waals surface area contributed by atoms with E-state index in [0.29, 0.717) is 21.3 Å². The summed E-state index contributed by atoms with van der Waals surface area (Å²) < 4.78 is 21.8. The molecule has 0 spiro atoms. The highest BCUT2D eigenvalue weighted by atomic mass is 79.9. The zero-order valence-electron chi connectivity index (χ0n) is 21.1. The van der Waals surface area contributed by atoms with E-state index in [1.165, 1.54) is 26.5 Å². The quantitative estimate of drug-likeness (QED) is 0.187. The highest BCUT2D eigenvalue weighted by Gasteiger charge is 2.32. The molecule has 202 valence electrons. The number of hydrogen-bond donors (Lipinski definition) is 4. The van der Waals surface area contributed by atoms with Gasteiger partial charge in [0.2, 0.25) is 0 Å². The minimum atomic E-state index is -0.777. The van der Waals surface area contributed by atoms with Crippen molar-refractivity contribution in [2.24, 2.45) is 5.10 Å². The molecule has 12 nitrogen and oxygen atoms in total. The van der Waals surface area contributed by atoms with Gasteiger partial charge in [0.1, 0.15) is 0 Å². The second kappa shape index (κ2) is 12.8. The summed E-state index contributed by atoms with van der Waals surface area (Å²) in [5.74, 6) is -0.337. The van der Waals surface area contributed by atoms with Crippen molar-refractivity contribution in [1.82, 2.24) is 16.1 Å². The maximum atomic E-state index is 12.5. The number of hydrazone groups is 1. The number of ether oxygens (including phenoxy) is 4. The molecule has 0 saturated carbocycles. The Bertz CT molecular complexity index is 1290. The van der Waals surface area contributed by atoms with Gasteiger partial charge in [-0.1, -0.05) is 6.07 Å². The number of carbonyl (C=O) groups is 3. The van der Waals surface area contributed by atoms with Crippen LogP contribution in [0.15, 0.2) is 51.2 Å². The normalized spacial score (nSPS) is 15.0. The van der Waals surface area contributed by atoms with E-state index in [1.807, 2.05) is 0 Å². The first-order valence-corrected chi connectivity index (χ1v) is 12.1. The van der Waals surface area contributed by atoms with E-state index < -0.39 is 23.9 Å². The van der Waals surface area contributed by atoms with E-state index >= 15 is 0 Å². The largest absolute Gasteiger partial charge is 0.504 e. The van der Waals surface area contributed by atoms with Crippen molar-refractivity contribution >= 4 is 40.1 Å². The average Bonchev–Trinajstić information content (AvgIpc) is 2.88. The molecule has 1 atom stereocenters. The SMILES string of the molecule is CCOC(=O)C1=C(C)NC(=O)N[C@H]1c1ccc(OCC(=O)N/N=C\c2cc(OC)c(O)cc2Br)c(OC)c1. The molecule has 2 aromatic carbocycles. The molecule has 1 aliphatic rings. The average molecular weight is 591 g/mol. The summed E-state index contributed by atoms with van der Waals surface area (Å²) >= 11 is 3.30. The maximum Gasteiger partial charge on any atom is 0.338 e. The van der Waals surface area contributed by atoms with Gasteiger partial charge in [-0.2, -0.15) is 5.10 Å². The molecule has 1 aliphatic heterocycles. The molecule has 0 aliphatic carbocycles. The Hall–Kier alpha value is -4.26. The van der Waals surface area contributed by atoms with Crippen LogP contribution >= 0.6 is 15.9 Å². The number of aromatic hydroxyl groups is 1. The number of allylic oxidation sites excluding steroid dienone is 1. The molecule has 1 heterocycles. The van der Waals surface area contributed by atoms with Crippen molar-refractivity contribution in [3.8, 4) is 23.0 Å². The highest BCUT2D eigenvalue weighted by Crippen LogP contribution is 2.35. The second-order valence-electron chi connectivity index (χ2n) is 7.83. The van der Waals surface area contributed by atoms with E-state index in [0.717, 1.165) is 0 Å². The summed E-state index contributed by atoms with van der Waals surface area (Å²) in [7, 11) is 2.84. The molecule has 0 fully saturated rings. The number of rotatable bonds is 10. The number of methoxy groups -OCH3 is 2. The number of halogens is 1. The van der Waals surface area contributed by atoms with Gasteiger partial charge in [-0.25, -0.2) is 15.0 Å². The molecule has 0 unspecified atom stereocenters. The standard InChI is InChI=1S/C25H27BrN4O8/c1-5-37-24(33)22-13(2)28-25(34)29-23(22)14-6-7-18(20(8-14)36-4)38-12-21(32)30-27-11-15-9-19(35-3)17(31)10-16(15)26/h6-11,23,31H,5,12H2,1-4H3,(H,30,32)(H2,28,29,34)/b27-11-/t23-/m0/s1. The van der Waals surface area contributed by atoms with Crippen LogP contribution in [0.25, 0.3) is 0 Å². The van der Waals surface area contributed by atoms with Crippen LogP contribution in [0.2, 0.25) is 0 Å². The first kappa shape index (κ1) is 28.3. The van der Waals surface area contributed by atoms with Crippen LogP contribution in [-0.2, 0) is 14.3 Å². The topological polar surface area (TPSA) is 157 Å². The van der Waals surface area contributed by atoms with Gasteiger partial charge < -0.3 is 34.7 Å². The Balaban J connectivity index is 1.69. The Morgan fingerprint density at radius 1 is 1.16 bits per heavy atom. The molecule has 2 aromatic rings. The fraction of sp³-hybridized carbons (Fsp3) is 0.280. The van der Waals surface area contributed by atoms with Crippen LogP contribution in [0.5, 0.6) is 23.0 Å². The number of benzene rings is 2. The van der Waals surface area contributed by atoms with Crippen molar-refractivity contribution in [2.45, 2.75) is 19.9 Å². The predicted molar refractivity (Wildman–Crippen MR) is 140 cm³/mol. The third-order valence-electron chi connectivity index (χ3n) is 5.34. The van der Waals surface area contributed by atoms with Gasteiger partial charge in [0.25, 0.3) is 5.91 Å². The number of nitrogens with one attached hydrogen (secondary N) is 3. The van der Waals surface area contributed by atoms with Gasteiger partial charge in [0, 0.05) is 15.7 Å². The van der Waals surface area contributed by atoms with E-state index in [4.69, 9.17) is 18.9 Å². The van der Waals surface area contributed by atoms with Crippen LogP contribution in [0.3, 0.4) is 0 Å². The number of hydrogen-bond acceptors (Lipinski definition) is 9. The van der Waals surface area contributed by atoms with Gasteiger partial charge in [-0.3, -0.25) is 4.79 Å². The number of urea groups is 1. The minimum Gasteiger partial charge on any atom is -0.504 e. The van der Waals surface area contributed by atoms with Crippen molar-refractivity contribution in [1.29, 1.82) is 0 Å². The number of phenols is 1. The lowest BCUT2D eigenvalue weighted by molar-refractivity contribution is -0.139. The second-order valence-corrected chi connectivity index (χ2v) is 8.68. The molecule has 0 bridgehead atoms. The van der Waals surface area contributed by atoms with Crippen molar-refractivity contribution in [3.63, 3.8) is 0 Å². The summed E-state index contributed by atoms with van der Waals surface area (Å²) in [4.78, 5) is 36.9. The fourth-order valence-corrected chi connectivity index (χ4v) is 4.01. The molecule has 0 aromatic heterocycles. The fourth-order valence-electron chi connectivity index (χ4n) is 3.58. The van der Waals surface area contributed by atoms with E-state index in [2.05, 4.69) is 37.1 Å². The third-order valence-corrected chi connectivity index (χ3v) is 6.02. The predicted octanol–water partition coefficient (Wildman–Crippen LogP) is 2.89. The molecule has 3 amide bonds. The number of nitrogens with zero attached hydrogens (tertiary/aromatic N) is 1. The number of phenolic OH excluding ortho intramolecular Hbond substituents is 1. The van der Waals surface area contributed by atoms with E-state index in [1.54, 1.807) is 38.1 Å². The first-order chi connectivity index (χ1) is 18.2. The number of carbonyl (C=O) groups excluding carboxylic acids is 3. The van der Waals surface area contributed by atoms with Crippen LogP contribution < -0.4 is 30.3 Å². The zero-order valence-corrected chi connectivity index (χ0v) is 22.7. The lowest BCUT2D eigenvalue weighted by Crippen LogP contribution is -2.45. The van der Waals surface area contributed by atoms with Crippen molar-refractivity contribution < 1.29 is 38.4 Å². The Morgan fingerprint density at radius 2 is 1.89 bits per heavy atom. The summed E-state index contributed by atoms with van der Waals surface area (Å²) in [6.07, 6.45) is 1.38. The lowest BCUT2D eigenvalue weighted by Gasteiger charge is -2.28. The highest BCUT2D eigenvalue weighted by molar-refractivity contribution is 9.10.